The van der Waals surface area contributed by atoms with Crippen LogP contribution in [0.15, 0.2) is 11.4 Å². The first-order valence-electron chi connectivity index (χ1n) is 5.07. The second-order valence-electron chi connectivity index (χ2n) is 3.80. The van der Waals surface area contributed by atoms with Gasteiger partial charge in [0, 0.05) is 32.1 Å². The molecule has 0 unspecified atom stereocenters. The Labute approximate surface area is 101 Å². The third-order valence-electron chi connectivity index (χ3n) is 2.35. The lowest BCUT2D eigenvalue weighted by Gasteiger charge is -2.11. The lowest BCUT2D eigenvalue weighted by Crippen LogP contribution is -2.30. The minimum atomic E-state index is -3.08. The molecule has 0 aliphatic rings. The fraction of sp³-hybridized carbons (Fsp3) is 0.600. The number of nitrogens with one attached hydrogen (secondary N) is 1. The highest BCUT2D eigenvalue weighted by atomic mass is 32.2. The quantitative estimate of drug-likeness (QED) is 0.779. The van der Waals surface area contributed by atoms with Crippen LogP contribution in [0.2, 0.25) is 0 Å². The molecule has 6 heteroatoms. The summed E-state index contributed by atoms with van der Waals surface area (Å²) in [6.07, 6.45) is 0. The van der Waals surface area contributed by atoms with Crippen molar-refractivity contribution in [2.45, 2.75) is 13.5 Å². The average molecular weight is 262 g/mol. The van der Waals surface area contributed by atoms with Crippen molar-refractivity contribution in [3.05, 3.63) is 21.9 Å². The monoisotopic (exact) mass is 262 g/mol. The molecule has 0 fully saturated rings. The first-order chi connectivity index (χ1) is 7.43. The van der Waals surface area contributed by atoms with Crippen LogP contribution in [0, 0.1) is 6.92 Å². The van der Waals surface area contributed by atoms with Crippen molar-refractivity contribution in [2.24, 2.45) is 0 Å². The molecular weight excluding hydrogens is 244 g/mol. The number of aryl methyl sites for hydroxylation is 1. The third kappa shape index (κ3) is 3.86. The summed E-state index contributed by atoms with van der Waals surface area (Å²) in [7, 11) is 0.0335. The van der Waals surface area contributed by atoms with Gasteiger partial charge in [-0.2, -0.15) is 0 Å². The molecule has 1 aromatic heterocycles. The van der Waals surface area contributed by atoms with Crippen molar-refractivity contribution in [3.8, 4) is 0 Å². The molecule has 1 aromatic rings. The summed E-state index contributed by atoms with van der Waals surface area (Å²) in [5, 5.41) is 5.19. The predicted molar refractivity (Wildman–Crippen MR) is 68.2 cm³/mol. The van der Waals surface area contributed by atoms with Crippen molar-refractivity contribution in [1.82, 2.24) is 9.62 Å². The van der Waals surface area contributed by atoms with E-state index in [0.29, 0.717) is 6.54 Å². The molecule has 92 valence electrons. The van der Waals surface area contributed by atoms with E-state index in [0.717, 1.165) is 6.54 Å². The molecule has 4 nitrogen and oxygen atoms in total. The SMILES string of the molecule is Cc1ccsc1CNCCS(=O)(=O)N(C)C. The highest BCUT2D eigenvalue weighted by molar-refractivity contribution is 7.89. The zero-order chi connectivity index (χ0) is 12.2. The van der Waals surface area contributed by atoms with Gasteiger partial charge in [0.25, 0.3) is 0 Å². The molecule has 0 saturated heterocycles. The Morgan fingerprint density at radius 2 is 2.12 bits per heavy atom. The summed E-state index contributed by atoms with van der Waals surface area (Å²) in [5.74, 6) is 0.143. The minimum Gasteiger partial charge on any atom is -0.311 e. The highest BCUT2D eigenvalue weighted by Crippen LogP contribution is 2.14. The van der Waals surface area contributed by atoms with Gasteiger partial charge in [-0.25, -0.2) is 12.7 Å². The van der Waals surface area contributed by atoms with Crippen LogP contribution in [0.5, 0.6) is 0 Å². The fourth-order valence-corrected chi connectivity index (χ4v) is 2.81. The van der Waals surface area contributed by atoms with E-state index in [-0.39, 0.29) is 5.75 Å². The molecule has 1 heterocycles. The fourth-order valence-electron chi connectivity index (χ4n) is 1.17. The molecule has 0 spiro atoms. The Morgan fingerprint density at radius 1 is 1.44 bits per heavy atom. The van der Waals surface area contributed by atoms with Gasteiger partial charge in [-0.3, -0.25) is 0 Å². The van der Waals surface area contributed by atoms with Crippen LogP contribution >= 0.6 is 11.3 Å². The van der Waals surface area contributed by atoms with Gasteiger partial charge >= 0.3 is 0 Å². The van der Waals surface area contributed by atoms with Gasteiger partial charge in [0.1, 0.15) is 0 Å². The van der Waals surface area contributed by atoms with Gasteiger partial charge < -0.3 is 5.32 Å². The van der Waals surface area contributed by atoms with Crippen molar-refractivity contribution >= 4 is 21.4 Å². The number of thiophene rings is 1. The van der Waals surface area contributed by atoms with Gasteiger partial charge in [-0.05, 0) is 23.9 Å². The van der Waals surface area contributed by atoms with Gasteiger partial charge in [-0.15, -0.1) is 11.3 Å². The minimum absolute atomic E-state index is 0.143. The van der Waals surface area contributed by atoms with Crippen molar-refractivity contribution in [1.29, 1.82) is 0 Å². The van der Waals surface area contributed by atoms with Crippen LogP contribution in [0.25, 0.3) is 0 Å². The molecule has 16 heavy (non-hydrogen) atoms. The number of nitrogens with zero attached hydrogens (tertiary/aromatic N) is 1. The van der Waals surface area contributed by atoms with E-state index in [2.05, 4.69) is 18.3 Å². The van der Waals surface area contributed by atoms with Gasteiger partial charge in [-0.1, -0.05) is 0 Å². The topological polar surface area (TPSA) is 49.4 Å². The normalized spacial score (nSPS) is 12.2. The maximum Gasteiger partial charge on any atom is 0.214 e. The molecule has 0 radical (unpaired) electrons. The second-order valence-corrected chi connectivity index (χ2v) is 7.11. The Hall–Kier alpha value is -0.430. The largest absolute Gasteiger partial charge is 0.311 e. The van der Waals surface area contributed by atoms with Crippen LogP contribution in [0.3, 0.4) is 0 Å². The third-order valence-corrected chi connectivity index (χ3v) is 5.20. The van der Waals surface area contributed by atoms with Crippen molar-refractivity contribution in [3.63, 3.8) is 0 Å². The summed E-state index contributed by atoms with van der Waals surface area (Å²) in [6, 6.07) is 2.07. The van der Waals surface area contributed by atoms with Gasteiger partial charge in [0.2, 0.25) is 10.0 Å². The van der Waals surface area contributed by atoms with Gasteiger partial charge in [0.05, 0.1) is 5.75 Å². The van der Waals surface area contributed by atoms with Crippen LogP contribution < -0.4 is 5.32 Å². The van der Waals surface area contributed by atoms with E-state index < -0.39 is 10.0 Å². The van der Waals surface area contributed by atoms with Crippen LogP contribution in [0.4, 0.5) is 0 Å². The molecule has 1 N–H and O–H groups in total. The summed E-state index contributed by atoms with van der Waals surface area (Å²) in [5.41, 5.74) is 1.26. The first-order valence-corrected chi connectivity index (χ1v) is 7.56. The highest BCUT2D eigenvalue weighted by Gasteiger charge is 2.12. The number of sulfonamides is 1. The van der Waals surface area contributed by atoms with E-state index in [1.165, 1.54) is 14.7 Å². The molecule has 0 bridgehead atoms. The lowest BCUT2D eigenvalue weighted by molar-refractivity contribution is 0.517. The summed E-state index contributed by atoms with van der Waals surface area (Å²) < 4.78 is 24.1. The van der Waals surface area contributed by atoms with Crippen LogP contribution in [0.1, 0.15) is 10.4 Å². The van der Waals surface area contributed by atoms with E-state index in [1.54, 1.807) is 25.4 Å². The van der Waals surface area contributed by atoms with Crippen molar-refractivity contribution < 1.29 is 8.42 Å². The molecule has 0 aliphatic heterocycles. The average Bonchev–Trinajstić information content (AvgIpc) is 2.59. The number of hydrogen-bond acceptors (Lipinski definition) is 4. The standard InChI is InChI=1S/C10H18N2O2S2/c1-9-4-6-15-10(9)8-11-5-7-16(13,14)12(2)3/h4,6,11H,5,7-8H2,1-3H3. The van der Waals surface area contributed by atoms with Crippen molar-refractivity contribution in [2.75, 3.05) is 26.4 Å². The molecular formula is C10H18N2O2S2. The van der Waals surface area contributed by atoms with E-state index in [1.807, 2.05) is 5.38 Å². The zero-order valence-corrected chi connectivity index (χ0v) is 11.5. The maximum absolute atomic E-state index is 11.4. The summed E-state index contributed by atoms with van der Waals surface area (Å²) >= 11 is 1.69. The zero-order valence-electron chi connectivity index (χ0n) is 9.86. The van der Waals surface area contributed by atoms with Gasteiger partial charge in [0.15, 0.2) is 0 Å². The van der Waals surface area contributed by atoms with Crippen LogP contribution in [-0.4, -0.2) is 39.1 Å². The molecule has 0 atom stereocenters. The smallest absolute Gasteiger partial charge is 0.214 e. The number of rotatable bonds is 6. The van der Waals surface area contributed by atoms with E-state index in [4.69, 9.17) is 0 Å². The second kappa shape index (κ2) is 5.77. The summed E-state index contributed by atoms with van der Waals surface area (Å²) in [4.78, 5) is 1.27. The molecule has 0 amide bonds. The molecule has 0 aromatic carbocycles. The first kappa shape index (κ1) is 13.6. The molecule has 0 aliphatic carbocycles. The Morgan fingerprint density at radius 3 is 2.62 bits per heavy atom. The van der Waals surface area contributed by atoms with E-state index in [9.17, 15) is 8.42 Å². The van der Waals surface area contributed by atoms with E-state index >= 15 is 0 Å². The number of hydrogen-bond donors (Lipinski definition) is 1. The summed E-state index contributed by atoms with van der Waals surface area (Å²) in [6.45, 7) is 3.29. The van der Waals surface area contributed by atoms with Crippen LogP contribution in [-0.2, 0) is 16.6 Å². The molecule has 0 saturated carbocycles. The Kier molecular flexibility index (Phi) is 4.91. The predicted octanol–water partition coefficient (Wildman–Crippen LogP) is 1.04. The Bertz CT molecular complexity index is 424. The Balaban J connectivity index is 2.30. The molecule has 1 rings (SSSR count). The lowest BCUT2D eigenvalue weighted by atomic mass is 10.3. The maximum atomic E-state index is 11.4.